The Morgan fingerprint density at radius 1 is 1.30 bits per heavy atom. The average molecular weight is 292 g/mol. The van der Waals surface area contributed by atoms with Gasteiger partial charge >= 0.3 is 0 Å². The Morgan fingerprint density at radius 2 is 2.10 bits per heavy atom. The van der Waals surface area contributed by atoms with Gasteiger partial charge in [-0.3, -0.25) is 4.90 Å². The van der Waals surface area contributed by atoms with Gasteiger partial charge in [0.1, 0.15) is 0 Å². The quantitative estimate of drug-likeness (QED) is 0.872. The number of piperidine rings is 1. The highest BCUT2D eigenvalue weighted by molar-refractivity contribution is 6.30. The van der Waals surface area contributed by atoms with Gasteiger partial charge in [0.15, 0.2) is 5.82 Å². The molecule has 0 amide bonds. The predicted molar refractivity (Wildman–Crippen MR) is 77.8 cm³/mol. The van der Waals surface area contributed by atoms with Gasteiger partial charge in [0.25, 0.3) is 0 Å². The summed E-state index contributed by atoms with van der Waals surface area (Å²) in [5, 5.41) is 12.8. The van der Waals surface area contributed by atoms with Crippen LogP contribution in [-0.2, 0) is 6.54 Å². The number of hydrogen-bond donors (Lipinski definition) is 0. The Bertz CT molecular complexity index is 565. The third kappa shape index (κ3) is 2.99. The van der Waals surface area contributed by atoms with Gasteiger partial charge in [-0.05, 0) is 60.0 Å². The lowest BCUT2D eigenvalue weighted by atomic mass is 10.0. The molecule has 1 aromatic heterocycles. The Labute approximate surface area is 123 Å². The molecule has 1 aromatic carbocycles. The molecule has 0 saturated carbocycles. The van der Waals surface area contributed by atoms with Crippen LogP contribution in [0.15, 0.2) is 24.3 Å². The predicted octanol–water partition coefficient (Wildman–Crippen LogP) is 2.55. The average Bonchev–Trinajstić information content (AvgIpc) is 2.88. The number of rotatable bonds is 3. The summed E-state index contributed by atoms with van der Waals surface area (Å²) in [7, 11) is 0. The van der Waals surface area contributed by atoms with Crippen LogP contribution in [0, 0.1) is 5.92 Å². The van der Waals surface area contributed by atoms with Crippen molar-refractivity contribution in [3.8, 4) is 5.69 Å². The number of benzene rings is 1. The van der Waals surface area contributed by atoms with Crippen LogP contribution >= 0.6 is 11.6 Å². The molecule has 2 aromatic rings. The molecule has 0 unspecified atom stereocenters. The Morgan fingerprint density at radius 3 is 2.85 bits per heavy atom. The molecule has 1 atom stereocenters. The first-order chi connectivity index (χ1) is 9.72. The number of halogens is 1. The second-order valence-corrected chi connectivity index (χ2v) is 5.90. The SMILES string of the molecule is C[C@H]1CCCN(Cc2nnnn2-c2ccc(Cl)cc2)C1. The van der Waals surface area contributed by atoms with E-state index in [1.54, 1.807) is 4.68 Å². The van der Waals surface area contributed by atoms with Crippen molar-refractivity contribution in [2.75, 3.05) is 13.1 Å². The van der Waals surface area contributed by atoms with E-state index in [1.165, 1.54) is 12.8 Å². The lowest BCUT2D eigenvalue weighted by Crippen LogP contribution is -2.34. The molecule has 106 valence electrons. The van der Waals surface area contributed by atoms with Gasteiger partial charge in [0.2, 0.25) is 0 Å². The summed E-state index contributed by atoms with van der Waals surface area (Å²) >= 11 is 5.92. The van der Waals surface area contributed by atoms with Gasteiger partial charge < -0.3 is 0 Å². The number of likely N-dealkylation sites (tertiary alicyclic amines) is 1. The van der Waals surface area contributed by atoms with Crippen LogP contribution in [0.4, 0.5) is 0 Å². The van der Waals surface area contributed by atoms with Crippen molar-refractivity contribution in [2.24, 2.45) is 5.92 Å². The van der Waals surface area contributed by atoms with Crippen molar-refractivity contribution in [1.82, 2.24) is 25.1 Å². The summed E-state index contributed by atoms with van der Waals surface area (Å²) in [6.45, 7) is 5.33. The summed E-state index contributed by atoms with van der Waals surface area (Å²) < 4.78 is 1.79. The molecule has 1 aliphatic heterocycles. The van der Waals surface area contributed by atoms with Crippen LogP contribution in [0.2, 0.25) is 5.02 Å². The molecule has 6 heteroatoms. The topological polar surface area (TPSA) is 46.8 Å². The van der Waals surface area contributed by atoms with Crippen molar-refractivity contribution in [1.29, 1.82) is 0 Å². The third-order valence-corrected chi connectivity index (χ3v) is 3.96. The second kappa shape index (κ2) is 5.89. The maximum Gasteiger partial charge on any atom is 0.170 e. The van der Waals surface area contributed by atoms with Crippen molar-refractivity contribution in [2.45, 2.75) is 26.3 Å². The molecule has 0 N–H and O–H groups in total. The number of hydrogen-bond acceptors (Lipinski definition) is 4. The van der Waals surface area contributed by atoms with Crippen molar-refractivity contribution >= 4 is 11.6 Å². The fourth-order valence-corrected chi connectivity index (χ4v) is 2.84. The zero-order chi connectivity index (χ0) is 13.9. The van der Waals surface area contributed by atoms with Crippen LogP contribution in [0.1, 0.15) is 25.6 Å². The van der Waals surface area contributed by atoms with E-state index in [2.05, 4.69) is 27.3 Å². The van der Waals surface area contributed by atoms with Crippen LogP contribution < -0.4 is 0 Å². The van der Waals surface area contributed by atoms with E-state index >= 15 is 0 Å². The summed E-state index contributed by atoms with van der Waals surface area (Å²) in [5.41, 5.74) is 0.944. The van der Waals surface area contributed by atoms with E-state index in [-0.39, 0.29) is 0 Å². The smallest absolute Gasteiger partial charge is 0.170 e. The first kappa shape index (κ1) is 13.5. The van der Waals surface area contributed by atoms with Crippen LogP contribution in [0.25, 0.3) is 5.69 Å². The third-order valence-electron chi connectivity index (χ3n) is 3.71. The number of tetrazole rings is 1. The molecule has 0 bridgehead atoms. The standard InChI is InChI=1S/C14H18ClN5/c1-11-3-2-8-19(9-11)10-14-16-17-18-20(14)13-6-4-12(15)5-7-13/h4-7,11H,2-3,8-10H2,1H3/t11-/m0/s1. The van der Waals surface area contributed by atoms with Gasteiger partial charge in [0.05, 0.1) is 12.2 Å². The largest absolute Gasteiger partial charge is 0.296 e. The highest BCUT2D eigenvalue weighted by Crippen LogP contribution is 2.18. The minimum Gasteiger partial charge on any atom is -0.296 e. The molecule has 5 nitrogen and oxygen atoms in total. The van der Waals surface area contributed by atoms with E-state index in [4.69, 9.17) is 11.6 Å². The Kier molecular flexibility index (Phi) is 3.98. The van der Waals surface area contributed by atoms with Gasteiger partial charge in [-0.15, -0.1) is 5.10 Å². The Balaban J connectivity index is 1.78. The van der Waals surface area contributed by atoms with Gasteiger partial charge in [0, 0.05) is 11.6 Å². The molecule has 1 saturated heterocycles. The minimum atomic E-state index is 0.716. The summed E-state index contributed by atoms with van der Waals surface area (Å²) in [4.78, 5) is 2.42. The minimum absolute atomic E-state index is 0.716. The maximum absolute atomic E-state index is 5.92. The fraction of sp³-hybridized carbons (Fsp3) is 0.500. The highest BCUT2D eigenvalue weighted by atomic mass is 35.5. The van der Waals surface area contributed by atoms with E-state index in [0.29, 0.717) is 5.02 Å². The fourth-order valence-electron chi connectivity index (χ4n) is 2.72. The first-order valence-corrected chi connectivity index (χ1v) is 7.36. The normalized spacial score (nSPS) is 20.2. The molecular weight excluding hydrogens is 274 g/mol. The van der Waals surface area contributed by atoms with Crippen LogP contribution in [0.3, 0.4) is 0 Å². The molecule has 20 heavy (non-hydrogen) atoms. The van der Waals surface area contributed by atoms with Crippen LogP contribution in [-0.4, -0.2) is 38.2 Å². The lowest BCUT2D eigenvalue weighted by molar-refractivity contribution is 0.171. The van der Waals surface area contributed by atoms with Gasteiger partial charge in [-0.25, -0.2) is 0 Å². The highest BCUT2D eigenvalue weighted by Gasteiger charge is 2.19. The zero-order valence-electron chi connectivity index (χ0n) is 11.5. The molecule has 0 radical (unpaired) electrons. The number of aromatic nitrogens is 4. The van der Waals surface area contributed by atoms with E-state index in [0.717, 1.165) is 37.1 Å². The molecule has 2 heterocycles. The molecule has 3 rings (SSSR count). The monoisotopic (exact) mass is 291 g/mol. The Hall–Kier alpha value is -1.46. The van der Waals surface area contributed by atoms with Gasteiger partial charge in [-0.2, -0.15) is 4.68 Å². The summed E-state index contributed by atoms with van der Waals surface area (Å²) in [5.74, 6) is 1.63. The van der Waals surface area contributed by atoms with E-state index < -0.39 is 0 Å². The molecule has 1 fully saturated rings. The van der Waals surface area contributed by atoms with E-state index in [9.17, 15) is 0 Å². The second-order valence-electron chi connectivity index (χ2n) is 5.47. The molecule has 0 aliphatic carbocycles. The first-order valence-electron chi connectivity index (χ1n) is 6.98. The van der Waals surface area contributed by atoms with Crippen molar-refractivity contribution < 1.29 is 0 Å². The van der Waals surface area contributed by atoms with Crippen molar-refractivity contribution in [3.63, 3.8) is 0 Å². The van der Waals surface area contributed by atoms with E-state index in [1.807, 2.05) is 24.3 Å². The summed E-state index contributed by atoms with van der Waals surface area (Å²) in [6.07, 6.45) is 2.57. The van der Waals surface area contributed by atoms with Crippen LogP contribution in [0.5, 0.6) is 0 Å². The molecule has 1 aliphatic rings. The zero-order valence-corrected chi connectivity index (χ0v) is 12.3. The molecular formula is C14H18ClN5. The maximum atomic E-state index is 5.92. The van der Waals surface area contributed by atoms with Gasteiger partial charge in [-0.1, -0.05) is 18.5 Å². The summed E-state index contributed by atoms with van der Waals surface area (Å²) in [6, 6.07) is 7.57. The molecule has 0 spiro atoms. The number of nitrogens with zero attached hydrogens (tertiary/aromatic N) is 5. The van der Waals surface area contributed by atoms with Crippen molar-refractivity contribution in [3.05, 3.63) is 35.1 Å². The lowest BCUT2D eigenvalue weighted by Gasteiger charge is -2.30.